The molecule has 0 unspecified atom stereocenters. The summed E-state index contributed by atoms with van der Waals surface area (Å²) in [7, 11) is 0. The molecule has 0 bridgehead atoms. The molecule has 8 aromatic rings. The molecule has 6 aromatic carbocycles. The zero-order chi connectivity index (χ0) is 34.9. The maximum absolute atomic E-state index is 10.2. The van der Waals surface area contributed by atoms with E-state index in [0.717, 1.165) is 44.5 Å². The predicted octanol–water partition coefficient (Wildman–Crippen LogP) is 10.3. The number of rotatable bonds is 6. The molecule has 0 radical (unpaired) electrons. The van der Waals surface area contributed by atoms with Crippen molar-refractivity contribution in [3.8, 4) is 63.0 Å². The van der Waals surface area contributed by atoms with E-state index in [9.17, 15) is 5.26 Å². The lowest BCUT2D eigenvalue weighted by atomic mass is 9.63. The molecule has 0 amide bonds. The second-order valence-electron chi connectivity index (χ2n) is 12.6. The van der Waals surface area contributed by atoms with Crippen LogP contribution in [0, 0.1) is 11.3 Å². The van der Waals surface area contributed by atoms with Crippen LogP contribution >= 0.6 is 0 Å². The Bertz CT molecular complexity index is 2490. The Hall–Kier alpha value is -7.23. The van der Waals surface area contributed by atoms with E-state index in [2.05, 4.69) is 96.0 Å². The summed E-state index contributed by atoms with van der Waals surface area (Å²) >= 11 is 0. The van der Waals surface area contributed by atoms with Crippen molar-refractivity contribution in [3.63, 3.8) is 0 Å². The van der Waals surface area contributed by atoms with Crippen molar-refractivity contribution in [2.24, 2.45) is 0 Å². The minimum absolute atomic E-state index is 0.492. The maximum atomic E-state index is 10.2. The summed E-state index contributed by atoms with van der Waals surface area (Å²) in [5.41, 5.74) is 8.33. The molecule has 0 saturated carbocycles. The third kappa shape index (κ3) is 5.20. The fraction of sp³-hybridized carbons (Fsp3) is 0.0217. The molecular formula is C46H29N5O. The molecule has 3 heterocycles. The van der Waals surface area contributed by atoms with Crippen LogP contribution in [-0.4, -0.2) is 19.9 Å². The second kappa shape index (κ2) is 12.9. The number of fused-ring (bicyclic) bond motifs is 2. The minimum atomic E-state index is -0.707. The molecule has 0 saturated heterocycles. The Morgan fingerprint density at radius 2 is 1.06 bits per heavy atom. The quantitative estimate of drug-likeness (QED) is 0.175. The number of nitrogens with zero attached hydrogens (tertiary/aromatic N) is 5. The van der Waals surface area contributed by atoms with Crippen LogP contribution in [0.5, 0.6) is 11.5 Å². The molecule has 52 heavy (non-hydrogen) atoms. The molecule has 0 N–H and O–H groups in total. The van der Waals surface area contributed by atoms with Crippen LogP contribution in [-0.2, 0) is 5.41 Å². The molecule has 0 spiro atoms. The molecule has 1 aliphatic heterocycles. The third-order valence-electron chi connectivity index (χ3n) is 9.59. The van der Waals surface area contributed by atoms with Gasteiger partial charge in [-0.05, 0) is 46.5 Å². The lowest BCUT2D eigenvalue weighted by molar-refractivity contribution is 0.433. The van der Waals surface area contributed by atoms with Crippen LogP contribution in [0.4, 0.5) is 0 Å². The van der Waals surface area contributed by atoms with Gasteiger partial charge in [0, 0.05) is 28.5 Å². The Balaban J connectivity index is 1.16. The maximum Gasteiger partial charge on any atom is 0.182 e. The average Bonchev–Trinajstić information content (AvgIpc) is 3.23. The number of hydrogen-bond acceptors (Lipinski definition) is 6. The lowest BCUT2D eigenvalue weighted by Gasteiger charge is -2.41. The van der Waals surface area contributed by atoms with Crippen molar-refractivity contribution >= 4 is 0 Å². The highest BCUT2D eigenvalue weighted by atomic mass is 16.5. The number of nitriles is 1. The van der Waals surface area contributed by atoms with Crippen molar-refractivity contribution in [2.45, 2.75) is 5.41 Å². The number of ether oxygens (including phenoxy) is 1. The van der Waals surface area contributed by atoms with E-state index in [1.54, 1.807) is 6.20 Å². The van der Waals surface area contributed by atoms with E-state index in [1.807, 2.05) is 84.9 Å². The van der Waals surface area contributed by atoms with Crippen LogP contribution in [0.3, 0.4) is 0 Å². The highest BCUT2D eigenvalue weighted by Gasteiger charge is 2.46. The molecule has 9 rings (SSSR count). The lowest BCUT2D eigenvalue weighted by Crippen LogP contribution is -2.34. The highest BCUT2D eigenvalue weighted by molar-refractivity contribution is 5.76. The zero-order valence-electron chi connectivity index (χ0n) is 27.9. The predicted molar refractivity (Wildman–Crippen MR) is 202 cm³/mol. The first kappa shape index (κ1) is 30.8. The van der Waals surface area contributed by atoms with Gasteiger partial charge in [0.05, 0.1) is 11.0 Å². The Morgan fingerprint density at radius 3 is 1.69 bits per heavy atom. The normalized spacial score (nSPS) is 12.5. The van der Waals surface area contributed by atoms with Gasteiger partial charge in [0.1, 0.15) is 23.3 Å². The van der Waals surface area contributed by atoms with Gasteiger partial charge in [0.25, 0.3) is 0 Å². The first-order valence-electron chi connectivity index (χ1n) is 17.0. The monoisotopic (exact) mass is 667 g/mol. The topological polar surface area (TPSA) is 84.6 Å². The zero-order valence-corrected chi connectivity index (χ0v) is 27.9. The Kier molecular flexibility index (Phi) is 7.64. The summed E-state index contributed by atoms with van der Waals surface area (Å²) < 4.78 is 6.71. The van der Waals surface area contributed by atoms with Gasteiger partial charge in [-0.3, -0.25) is 4.98 Å². The number of hydrogen-bond donors (Lipinski definition) is 0. The van der Waals surface area contributed by atoms with Gasteiger partial charge in [-0.2, -0.15) is 5.26 Å². The molecular weight excluding hydrogens is 639 g/mol. The van der Waals surface area contributed by atoms with E-state index in [0.29, 0.717) is 40.2 Å². The van der Waals surface area contributed by atoms with Crippen LogP contribution in [0.25, 0.3) is 45.4 Å². The number of benzene rings is 6. The fourth-order valence-electron chi connectivity index (χ4n) is 7.19. The summed E-state index contributed by atoms with van der Waals surface area (Å²) in [5.74, 6) is 2.93. The standard InChI is InChI=1S/C46H29N5O/c47-30-35-15-12-20-39-42(35)52-41-29-34(26-27-38(41)46(39,36-16-6-2-7-17-36)37-18-8-3-9-19-37)31-22-24-33(25-23-31)44-49-43(32-13-4-1-5-14-32)50-45(51-44)40-21-10-11-28-48-40/h1-29H. The van der Waals surface area contributed by atoms with Gasteiger partial charge in [-0.25, -0.2) is 15.0 Å². The van der Waals surface area contributed by atoms with E-state index in [1.165, 1.54) is 0 Å². The van der Waals surface area contributed by atoms with Crippen LogP contribution in [0.15, 0.2) is 176 Å². The molecule has 6 heteroatoms. The number of para-hydroxylation sites is 1. The average molecular weight is 668 g/mol. The molecule has 0 aliphatic carbocycles. The van der Waals surface area contributed by atoms with Crippen LogP contribution in [0.2, 0.25) is 0 Å². The van der Waals surface area contributed by atoms with Crippen molar-refractivity contribution in [1.29, 1.82) is 5.26 Å². The molecule has 0 atom stereocenters. The summed E-state index contributed by atoms with van der Waals surface area (Å²) in [4.78, 5) is 19.0. The molecule has 2 aromatic heterocycles. The fourth-order valence-corrected chi connectivity index (χ4v) is 7.19. The van der Waals surface area contributed by atoms with E-state index in [-0.39, 0.29) is 0 Å². The summed E-state index contributed by atoms with van der Waals surface area (Å²) in [5, 5.41) is 10.2. The van der Waals surface area contributed by atoms with Gasteiger partial charge >= 0.3 is 0 Å². The molecule has 6 nitrogen and oxygen atoms in total. The van der Waals surface area contributed by atoms with Crippen molar-refractivity contribution < 1.29 is 4.74 Å². The third-order valence-corrected chi connectivity index (χ3v) is 9.59. The SMILES string of the molecule is N#Cc1cccc2c1Oc1cc(-c3ccc(-c4nc(-c5ccccc5)nc(-c5ccccn5)n4)cc3)ccc1C2(c1ccccc1)c1ccccc1. The van der Waals surface area contributed by atoms with Crippen LogP contribution < -0.4 is 4.74 Å². The van der Waals surface area contributed by atoms with Crippen LogP contribution in [0.1, 0.15) is 27.8 Å². The second-order valence-corrected chi connectivity index (χ2v) is 12.6. The van der Waals surface area contributed by atoms with Gasteiger partial charge in [0.15, 0.2) is 17.5 Å². The van der Waals surface area contributed by atoms with Crippen molar-refractivity contribution in [3.05, 3.63) is 204 Å². The Labute approximate surface area is 301 Å². The number of pyridine rings is 1. The van der Waals surface area contributed by atoms with E-state index < -0.39 is 5.41 Å². The van der Waals surface area contributed by atoms with E-state index >= 15 is 0 Å². The minimum Gasteiger partial charge on any atom is -0.455 e. The Morgan fingerprint density at radius 1 is 0.481 bits per heavy atom. The van der Waals surface area contributed by atoms with Gasteiger partial charge < -0.3 is 4.74 Å². The first-order valence-corrected chi connectivity index (χ1v) is 17.0. The molecule has 1 aliphatic rings. The molecule has 244 valence electrons. The van der Waals surface area contributed by atoms with Crippen molar-refractivity contribution in [2.75, 3.05) is 0 Å². The summed E-state index contributed by atoms with van der Waals surface area (Å²) in [6.07, 6.45) is 1.74. The largest absolute Gasteiger partial charge is 0.455 e. The molecule has 0 fully saturated rings. The van der Waals surface area contributed by atoms with Gasteiger partial charge in [0.2, 0.25) is 0 Å². The highest BCUT2D eigenvalue weighted by Crippen LogP contribution is 2.56. The van der Waals surface area contributed by atoms with E-state index in [4.69, 9.17) is 19.7 Å². The summed E-state index contributed by atoms with van der Waals surface area (Å²) in [6, 6.07) is 59.3. The van der Waals surface area contributed by atoms with Crippen molar-refractivity contribution in [1.82, 2.24) is 19.9 Å². The smallest absolute Gasteiger partial charge is 0.182 e. The van der Waals surface area contributed by atoms with Gasteiger partial charge in [-0.1, -0.05) is 146 Å². The first-order chi connectivity index (χ1) is 25.7. The number of aromatic nitrogens is 4. The summed E-state index contributed by atoms with van der Waals surface area (Å²) in [6.45, 7) is 0. The van der Waals surface area contributed by atoms with Gasteiger partial charge in [-0.15, -0.1) is 0 Å².